The number of hydrogen-bond acceptors (Lipinski definition) is 2. The van der Waals surface area contributed by atoms with E-state index in [1.807, 2.05) is 14.1 Å². The predicted octanol–water partition coefficient (Wildman–Crippen LogP) is 5.43. The van der Waals surface area contributed by atoms with Gasteiger partial charge in [-0.25, -0.2) is 0 Å². The smallest absolute Gasteiger partial charge is 0.222 e. The average Bonchev–Trinajstić information content (AvgIpc) is 3.03. The third-order valence-electron chi connectivity index (χ3n) is 10.2. The van der Waals surface area contributed by atoms with Gasteiger partial charge >= 0.3 is 0 Å². The number of amides is 1. The molecule has 0 heterocycles. The first-order chi connectivity index (χ1) is 13.7. The van der Waals surface area contributed by atoms with Gasteiger partial charge in [-0.3, -0.25) is 4.79 Å². The highest BCUT2D eigenvalue weighted by atomic mass is 16.3. The van der Waals surface area contributed by atoms with E-state index in [9.17, 15) is 9.90 Å². The second kappa shape index (κ2) is 7.70. The standard InChI is InChI=1S/C26H43NO2/c1-17(6-11-24(29)27(4)5)21-9-10-22-20-8-7-18-16-19(28)12-14-25(18,2)23(20)13-15-26(21,22)3/h7,17,19-23,28H,6,8-16H2,1-5H3/t17-,19+,20?,21?,22?,23?,25+,26-/m1/s1. The summed E-state index contributed by atoms with van der Waals surface area (Å²) in [4.78, 5) is 13.8. The summed E-state index contributed by atoms with van der Waals surface area (Å²) in [7, 11) is 3.74. The third kappa shape index (κ3) is 3.50. The molecular formula is C26H43NO2. The quantitative estimate of drug-likeness (QED) is 0.638. The number of allylic oxidation sites excluding steroid dienone is 1. The van der Waals surface area contributed by atoms with Crippen LogP contribution in [-0.2, 0) is 4.79 Å². The van der Waals surface area contributed by atoms with Gasteiger partial charge in [0.25, 0.3) is 0 Å². The van der Waals surface area contributed by atoms with Crippen molar-refractivity contribution < 1.29 is 9.90 Å². The molecule has 0 bridgehead atoms. The number of nitrogens with zero attached hydrogens (tertiary/aromatic N) is 1. The molecule has 4 rings (SSSR count). The van der Waals surface area contributed by atoms with Gasteiger partial charge in [0.05, 0.1) is 6.10 Å². The zero-order valence-corrected chi connectivity index (χ0v) is 19.4. The summed E-state index contributed by atoms with van der Waals surface area (Å²) in [6, 6.07) is 0. The zero-order valence-electron chi connectivity index (χ0n) is 19.4. The molecule has 0 aromatic carbocycles. The molecule has 4 unspecified atom stereocenters. The van der Waals surface area contributed by atoms with Crippen molar-refractivity contribution in [2.24, 2.45) is 40.4 Å². The molecule has 4 aliphatic rings. The van der Waals surface area contributed by atoms with E-state index in [4.69, 9.17) is 0 Å². The molecule has 0 aromatic rings. The monoisotopic (exact) mass is 401 g/mol. The molecule has 0 aromatic heterocycles. The normalized spacial score (nSPS) is 44.9. The Hall–Kier alpha value is -0.830. The summed E-state index contributed by atoms with van der Waals surface area (Å²) in [5.74, 6) is 4.18. The Balaban J connectivity index is 1.49. The first-order valence-corrected chi connectivity index (χ1v) is 12.2. The summed E-state index contributed by atoms with van der Waals surface area (Å²) >= 11 is 0. The highest BCUT2D eigenvalue weighted by Crippen LogP contribution is 2.67. The van der Waals surface area contributed by atoms with Gasteiger partial charge in [-0.15, -0.1) is 0 Å². The Morgan fingerprint density at radius 1 is 1.17 bits per heavy atom. The summed E-state index contributed by atoms with van der Waals surface area (Å²) in [5.41, 5.74) is 2.37. The fourth-order valence-electron chi connectivity index (χ4n) is 8.39. The highest BCUT2D eigenvalue weighted by molar-refractivity contribution is 5.75. The van der Waals surface area contributed by atoms with Crippen LogP contribution >= 0.6 is 0 Å². The molecule has 164 valence electrons. The Kier molecular flexibility index (Phi) is 5.68. The molecular weight excluding hydrogens is 358 g/mol. The second-order valence-corrected chi connectivity index (χ2v) is 11.7. The van der Waals surface area contributed by atoms with Crippen LogP contribution in [0.25, 0.3) is 0 Å². The van der Waals surface area contributed by atoms with E-state index in [2.05, 4.69) is 26.8 Å². The van der Waals surface area contributed by atoms with E-state index in [1.54, 1.807) is 10.5 Å². The van der Waals surface area contributed by atoms with E-state index in [0.29, 0.717) is 23.2 Å². The summed E-state index contributed by atoms with van der Waals surface area (Å²) < 4.78 is 0. The van der Waals surface area contributed by atoms with Gasteiger partial charge in [0.15, 0.2) is 0 Å². The maximum Gasteiger partial charge on any atom is 0.222 e. The Morgan fingerprint density at radius 3 is 2.66 bits per heavy atom. The average molecular weight is 402 g/mol. The van der Waals surface area contributed by atoms with E-state index in [-0.39, 0.29) is 12.0 Å². The van der Waals surface area contributed by atoms with E-state index < -0.39 is 0 Å². The maximum atomic E-state index is 12.1. The van der Waals surface area contributed by atoms with Crippen molar-refractivity contribution in [3.8, 4) is 0 Å². The minimum Gasteiger partial charge on any atom is -0.393 e. The van der Waals surface area contributed by atoms with Crippen LogP contribution in [0.2, 0.25) is 0 Å². The molecule has 0 aliphatic heterocycles. The molecule has 29 heavy (non-hydrogen) atoms. The number of carbonyl (C=O) groups excluding carboxylic acids is 1. The number of fused-ring (bicyclic) bond motifs is 5. The largest absolute Gasteiger partial charge is 0.393 e. The molecule has 1 N–H and O–H groups in total. The van der Waals surface area contributed by atoms with Crippen molar-refractivity contribution in [2.45, 2.75) is 91.1 Å². The van der Waals surface area contributed by atoms with Gasteiger partial charge in [0.1, 0.15) is 0 Å². The van der Waals surface area contributed by atoms with E-state index in [0.717, 1.165) is 42.9 Å². The SMILES string of the molecule is C[C@H](CCC(=O)N(C)C)C1CCC2C3CC=C4C[C@@H](O)CC[C@]4(C)C3CC[C@@]21C. The van der Waals surface area contributed by atoms with Crippen molar-refractivity contribution in [1.82, 2.24) is 4.90 Å². The van der Waals surface area contributed by atoms with Crippen LogP contribution in [0, 0.1) is 40.4 Å². The van der Waals surface area contributed by atoms with E-state index in [1.165, 1.54) is 38.5 Å². The first-order valence-electron chi connectivity index (χ1n) is 12.2. The first kappa shape index (κ1) is 21.4. The minimum absolute atomic E-state index is 0.110. The number of hydrogen-bond donors (Lipinski definition) is 1. The lowest BCUT2D eigenvalue weighted by molar-refractivity contribution is -0.129. The van der Waals surface area contributed by atoms with Crippen LogP contribution in [-0.4, -0.2) is 36.1 Å². The van der Waals surface area contributed by atoms with Crippen LogP contribution in [0.4, 0.5) is 0 Å². The minimum atomic E-state index is -0.110. The van der Waals surface area contributed by atoms with Crippen LogP contribution in [0.15, 0.2) is 11.6 Å². The topological polar surface area (TPSA) is 40.5 Å². The molecule has 1 amide bonds. The molecule has 3 nitrogen and oxygen atoms in total. The summed E-state index contributed by atoms with van der Waals surface area (Å²) in [6.07, 6.45) is 14.0. The molecule has 3 heteroatoms. The number of aliphatic hydroxyl groups excluding tert-OH is 1. The molecule has 0 radical (unpaired) electrons. The van der Waals surface area contributed by atoms with Gasteiger partial charge in [-0.2, -0.15) is 0 Å². The highest BCUT2D eigenvalue weighted by Gasteiger charge is 2.59. The molecule has 0 saturated heterocycles. The van der Waals surface area contributed by atoms with Crippen molar-refractivity contribution in [2.75, 3.05) is 14.1 Å². The van der Waals surface area contributed by atoms with Crippen molar-refractivity contribution in [3.63, 3.8) is 0 Å². The van der Waals surface area contributed by atoms with Crippen molar-refractivity contribution in [3.05, 3.63) is 11.6 Å². The number of aliphatic hydroxyl groups is 1. The second-order valence-electron chi connectivity index (χ2n) is 11.7. The predicted molar refractivity (Wildman–Crippen MR) is 118 cm³/mol. The third-order valence-corrected chi connectivity index (χ3v) is 10.2. The van der Waals surface area contributed by atoms with Crippen LogP contribution < -0.4 is 0 Å². The van der Waals surface area contributed by atoms with Crippen LogP contribution in [0.3, 0.4) is 0 Å². The van der Waals surface area contributed by atoms with Gasteiger partial charge < -0.3 is 10.0 Å². The lowest BCUT2D eigenvalue weighted by Gasteiger charge is -2.58. The summed E-state index contributed by atoms with van der Waals surface area (Å²) in [6.45, 7) is 7.53. The molecule has 4 aliphatic carbocycles. The lowest BCUT2D eigenvalue weighted by Crippen LogP contribution is -2.50. The van der Waals surface area contributed by atoms with Crippen LogP contribution in [0.1, 0.15) is 85.0 Å². The van der Waals surface area contributed by atoms with Crippen molar-refractivity contribution >= 4 is 5.91 Å². The number of carbonyl (C=O) groups is 1. The van der Waals surface area contributed by atoms with E-state index >= 15 is 0 Å². The molecule has 3 saturated carbocycles. The van der Waals surface area contributed by atoms with Gasteiger partial charge in [-0.05, 0) is 98.2 Å². The fraction of sp³-hybridized carbons (Fsp3) is 0.885. The molecule has 8 atom stereocenters. The molecule has 3 fully saturated rings. The van der Waals surface area contributed by atoms with Crippen LogP contribution in [0.5, 0.6) is 0 Å². The Morgan fingerprint density at radius 2 is 1.93 bits per heavy atom. The fourth-order valence-corrected chi connectivity index (χ4v) is 8.39. The maximum absolute atomic E-state index is 12.1. The van der Waals surface area contributed by atoms with Gasteiger partial charge in [-0.1, -0.05) is 32.4 Å². The summed E-state index contributed by atoms with van der Waals surface area (Å²) in [5, 5.41) is 10.2. The lowest BCUT2D eigenvalue weighted by atomic mass is 9.47. The Labute approximate surface area is 178 Å². The van der Waals surface area contributed by atoms with Gasteiger partial charge in [0, 0.05) is 20.5 Å². The Bertz CT molecular complexity index is 670. The van der Waals surface area contributed by atoms with Crippen molar-refractivity contribution in [1.29, 1.82) is 0 Å². The zero-order chi connectivity index (χ0) is 21.0. The molecule has 0 spiro atoms. The number of rotatable bonds is 4. The van der Waals surface area contributed by atoms with Gasteiger partial charge in [0.2, 0.25) is 5.91 Å².